The van der Waals surface area contributed by atoms with E-state index >= 15 is 0 Å². The lowest BCUT2D eigenvalue weighted by molar-refractivity contribution is 0.569. The third-order valence-electron chi connectivity index (χ3n) is 15.4. The first-order chi connectivity index (χ1) is 35.3. The quantitative estimate of drug-likeness (QED) is 0.151. The zero-order chi connectivity index (χ0) is 50.1. The third kappa shape index (κ3) is 8.45. The van der Waals surface area contributed by atoms with Crippen molar-refractivity contribution in [2.45, 2.75) is 71.1 Å². The molecule has 0 saturated heterocycles. The molecule has 0 bridgehead atoms. The monoisotopic (exact) mass is 943 g/mol. The predicted molar refractivity (Wildman–Crippen MR) is 312 cm³/mol. The van der Waals surface area contributed by atoms with Crippen LogP contribution in [0.15, 0.2) is 241 Å². The van der Waals surface area contributed by atoms with E-state index in [1.54, 1.807) is 0 Å². The van der Waals surface area contributed by atoms with Crippen LogP contribution in [0.25, 0.3) is 88.0 Å². The maximum atomic E-state index is 6.27. The maximum Gasteiger partial charge on any atom is 0.135 e. The van der Waals surface area contributed by atoms with Gasteiger partial charge in [-0.2, -0.15) is 0 Å². The second-order valence-corrected chi connectivity index (χ2v) is 22.4. The smallest absolute Gasteiger partial charge is 0.135 e. The van der Waals surface area contributed by atoms with Crippen LogP contribution in [0.5, 0.6) is 0 Å². The van der Waals surface area contributed by atoms with Gasteiger partial charge in [0, 0.05) is 33.1 Å². The van der Waals surface area contributed by atoms with Gasteiger partial charge in [-0.1, -0.05) is 237 Å². The first kappa shape index (κ1) is 45.9. The van der Waals surface area contributed by atoms with E-state index in [-0.39, 0.29) is 16.2 Å². The molecule has 12 rings (SSSR count). The summed E-state index contributed by atoms with van der Waals surface area (Å²) in [5, 5.41) is 7.26. The largest absolute Gasteiger partial charge is 0.456 e. The van der Waals surface area contributed by atoms with Crippen LogP contribution in [-0.2, 0) is 16.2 Å². The van der Waals surface area contributed by atoms with Gasteiger partial charge >= 0.3 is 0 Å². The average molecular weight is 944 g/mol. The van der Waals surface area contributed by atoms with E-state index < -0.39 is 0 Å². The van der Waals surface area contributed by atoms with Crippen LogP contribution >= 0.6 is 0 Å². The van der Waals surface area contributed by atoms with Crippen LogP contribution in [0.1, 0.15) is 71.6 Å². The summed E-state index contributed by atoms with van der Waals surface area (Å²) < 4.78 is 6.27. The van der Waals surface area contributed by atoms with Gasteiger partial charge in [-0.25, -0.2) is 0 Å². The molecule has 0 aliphatic heterocycles. The van der Waals surface area contributed by atoms with E-state index in [4.69, 9.17) is 4.42 Å². The van der Waals surface area contributed by atoms with Crippen LogP contribution in [0.3, 0.4) is 0 Å². The van der Waals surface area contributed by atoms with Crippen LogP contribution in [0.4, 0.5) is 11.4 Å². The van der Waals surface area contributed by atoms with Crippen LogP contribution in [0, 0.1) is 0 Å². The van der Waals surface area contributed by atoms with Crippen molar-refractivity contribution in [1.82, 2.24) is 0 Å². The molecule has 1 aliphatic carbocycles. The van der Waals surface area contributed by atoms with Crippen molar-refractivity contribution in [2.75, 3.05) is 4.90 Å². The van der Waals surface area contributed by atoms with Gasteiger partial charge in [-0.3, -0.25) is 0 Å². The van der Waals surface area contributed by atoms with Crippen molar-refractivity contribution < 1.29 is 4.42 Å². The molecule has 1 aliphatic rings. The number of nitrogens with zero attached hydrogens (tertiary/aromatic N) is 1. The Kier molecular flexibility index (Phi) is 11.2. The lowest BCUT2D eigenvalue weighted by atomic mass is 9.76. The molecular weight excluding hydrogens is 883 g/mol. The molecule has 1 unspecified atom stereocenters. The Balaban J connectivity index is 0.996. The first-order valence-electron chi connectivity index (χ1n) is 25.9. The molecule has 0 spiro atoms. The van der Waals surface area contributed by atoms with Gasteiger partial charge in [0.05, 0.1) is 5.69 Å². The molecule has 1 heterocycles. The molecule has 73 heavy (non-hydrogen) atoms. The summed E-state index contributed by atoms with van der Waals surface area (Å²) in [5.41, 5.74) is 18.6. The number of para-hydroxylation sites is 2. The fourth-order valence-electron chi connectivity index (χ4n) is 11.1. The van der Waals surface area contributed by atoms with Crippen molar-refractivity contribution in [3.63, 3.8) is 0 Å². The third-order valence-corrected chi connectivity index (χ3v) is 15.4. The summed E-state index contributed by atoms with van der Waals surface area (Å²) in [5.74, 6) is 0. The lowest BCUT2D eigenvalue weighted by Gasteiger charge is -2.34. The highest BCUT2D eigenvalue weighted by Crippen LogP contribution is 2.47. The standard InChI is InChI=1S/C71H61NO/c1-69(2,3)54-42-52(43-55(46-54)70(4,5)6)60-28-16-20-49-21-17-29-63(68(49)60)61-25-10-12-30-65(61)72(57-23-14-22-50(44-57)51-34-37-67-64(45-51)62-26-11-13-31-66(62)73-67)56-38-40-71(7,41-39-56)53-35-32-48(33-36-53)59-27-15-19-47-18-8-9-24-58(47)59/h8-40,42-46H,41H2,1-7H3. The number of benzene rings is 10. The summed E-state index contributed by atoms with van der Waals surface area (Å²) >= 11 is 0. The van der Waals surface area contributed by atoms with Gasteiger partial charge in [0.25, 0.3) is 0 Å². The number of allylic oxidation sites excluding steroid dienone is 3. The summed E-state index contributed by atoms with van der Waals surface area (Å²) in [6.07, 6.45) is 8.08. The van der Waals surface area contributed by atoms with E-state index in [1.165, 1.54) is 71.6 Å². The van der Waals surface area contributed by atoms with Gasteiger partial charge in [-0.05, 0) is 137 Å². The highest BCUT2D eigenvalue weighted by Gasteiger charge is 2.29. The minimum Gasteiger partial charge on any atom is -0.456 e. The summed E-state index contributed by atoms with van der Waals surface area (Å²) in [6, 6.07) is 78.4. The Morgan fingerprint density at radius 3 is 1.77 bits per heavy atom. The minimum absolute atomic E-state index is 0.0125. The van der Waals surface area contributed by atoms with Gasteiger partial charge in [-0.15, -0.1) is 0 Å². The Bertz CT molecular complexity index is 3940. The molecule has 356 valence electrons. The van der Waals surface area contributed by atoms with Gasteiger partial charge in [0.15, 0.2) is 0 Å². The highest BCUT2D eigenvalue weighted by molar-refractivity contribution is 6.09. The van der Waals surface area contributed by atoms with Crippen molar-refractivity contribution in [3.8, 4) is 44.5 Å². The highest BCUT2D eigenvalue weighted by atomic mass is 16.3. The second kappa shape index (κ2) is 17.8. The van der Waals surface area contributed by atoms with Gasteiger partial charge in [0.2, 0.25) is 0 Å². The first-order valence-corrected chi connectivity index (χ1v) is 25.9. The summed E-state index contributed by atoms with van der Waals surface area (Å²) in [6.45, 7) is 16.3. The topological polar surface area (TPSA) is 16.4 Å². The number of hydrogen-bond acceptors (Lipinski definition) is 2. The molecule has 0 amide bonds. The molecule has 0 radical (unpaired) electrons. The number of furan rings is 1. The molecule has 0 saturated carbocycles. The van der Waals surface area contributed by atoms with Crippen molar-refractivity contribution >= 4 is 54.9 Å². The van der Waals surface area contributed by atoms with Crippen LogP contribution in [0.2, 0.25) is 0 Å². The van der Waals surface area contributed by atoms with Crippen molar-refractivity contribution in [2.24, 2.45) is 0 Å². The fourth-order valence-corrected chi connectivity index (χ4v) is 11.1. The predicted octanol–water partition coefficient (Wildman–Crippen LogP) is 20.1. The molecule has 2 nitrogen and oxygen atoms in total. The Hall–Kier alpha value is -8.20. The lowest BCUT2D eigenvalue weighted by Crippen LogP contribution is -2.24. The van der Waals surface area contributed by atoms with Crippen molar-refractivity contribution in [1.29, 1.82) is 0 Å². The number of fused-ring (bicyclic) bond motifs is 5. The Labute approximate surface area is 430 Å². The molecule has 11 aromatic rings. The zero-order valence-electron chi connectivity index (χ0n) is 43.0. The molecule has 10 aromatic carbocycles. The van der Waals surface area contributed by atoms with E-state index in [9.17, 15) is 0 Å². The molecule has 0 fully saturated rings. The van der Waals surface area contributed by atoms with Gasteiger partial charge < -0.3 is 9.32 Å². The van der Waals surface area contributed by atoms with E-state index in [0.29, 0.717) is 0 Å². The van der Waals surface area contributed by atoms with E-state index in [2.05, 4.69) is 272 Å². The Morgan fingerprint density at radius 2 is 1.03 bits per heavy atom. The van der Waals surface area contributed by atoms with Crippen LogP contribution < -0.4 is 4.90 Å². The van der Waals surface area contributed by atoms with E-state index in [1.807, 2.05) is 12.1 Å². The molecule has 1 atom stereocenters. The molecule has 1 aromatic heterocycles. The summed E-state index contributed by atoms with van der Waals surface area (Å²) in [4.78, 5) is 2.49. The average Bonchev–Trinajstić information content (AvgIpc) is 3.79. The molecular formula is C71H61NO. The number of hydrogen-bond donors (Lipinski definition) is 0. The van der Waals surface area contributed by atoms with Crippen molar-refractivity contribution in [3.05, 3.63) is 253 Å². The maximum absolute atomic E-state index is 6.27. The molecule has 2 heteroatoms. The van der Waals surface area contributed by atoms with E-state index in [0.717, 1.165) is 56.6 Å². The SMILES string of the molecule is CC(C)(C)c1cc(-c2cccc3cccc(-c4ccccc4N(C4=CCC(C)(c5ccc(-c6cccc7ccccc67)cc5)C=C4)c4cccc(-c5ccc6oc7ccccc7c6c5)c4)c23)cc(C(C)(C)C)c1. The summed E-state index contributed by atoms with van der Waals surface area (Å²) in [7, 11) is 0. The van der Waals surface area contributed by atoms with Gasteiger partial charge in [0.1, 0.15) is 11.2 Å². The Morgan fingerprint density at radius 1 is 0.438 bits per heavy atom. The fraction of sp³-hybridized carbons (Fsp3) is 0.155. The second-order valence-electron chi connectivity index (χ2n) is 22.4. The molecule has 0 N–H and O–H groups in total. The number of rotatable bonds is 8. The zero-order valence-corrected chi connectivity index (χ0v) is 43.0. The number of anilines is 2. The minimum atomic E-state index is -0.200. The van der Waals surface area contributed by atoms with Crippen LogP contribution in [-0.4, -0.2) is 0 Å². The normalized spacial score (nSPS) is 15.1.